The Morgan fingerprint density at radius 1 is 1.16 bits per heavy atom. The molecular weight excluding hydrogens is 474 g/mol. The van der Waals surface area contributed by atoms with Crippen LogP contribution in [-0.2, 0) is 4.79 Å². The van der Waals surface area contributed by atoms with Gasteiger partial charge >= 0.3 is 0 Å². The minimum absolute atomic E-state index is 0.0438. The molecule has 12 heteroatoms. The van der Waals surface area contributed by atoms with Crippen molar-refractivity contribution in [2.24, 2.45) is 0 Å². The highest BCUT2D eigenvalue weighted by atomic mass is 16.5. The molecule has 2 amide bonds. The maximum Gasteiger partial charge on any atom is 0.257 e. The summed E-state index contributed by atoms with van der Waals surface area (Å²) in [5.74, 6) is 0.0743. The van der Waals surface area contributed by atoms with Crippen molar-refractivity contribution >= 4 is 34.5 Å². The van der Waals surface area contributed by atoms with Crippen molar-refractivity contribution in [2.75, 3.05) is 30.7 Å². The molecule has 4 aromatic rings. The molecular formula is C25H27N9O3. The molecule has 0 saturated carbocycles. The first kappa shape index (κ1) is 24.3. The number of benzene rings is 1. The molecule has 1 atom stereocenters. The minimum Gasteiger partial charge on any atom is -0.383 e. The van der Waals surface area contributed by atoms with Crippen molar-refractivity contribution in [3.05, 3.63) is 60.0 Å². The van der Waals surface area contributed by atoms with Gasteiger partial charge in [0.2, 0.25) is 0 Å². The number of rotatable bonds is 6. The van der Waals surface area contributed by atoms with E-state index >= 15 is 0 Å². The van der Waals surface area contributed by atoms with Gasteiger partial charge in [-0.15, -0.1) is 0 Å². The summed E-state index contributed by atoms with van der Waals surface area (Å²) in [7, 11) is 0. The Morgan fingerprint density at radius 2 is 1.97 bits per heavy atom. The van der Waals surface area contributed by atoms with Crippen molar-refractivity contribution in [1.29, 1.82) is 0 Å². The lowest BCUT2D eigenvalue weighted by Gasteiger charge is -2.32. The van der Waals surface area contributed by atoms with Crippen LogP contribution in [0.5, 0.6) is 0 Å². The van der Waals surface area contributed by atoms with E-state index in [2.05, 4.69) is 20.3 Å². The lowest BCUT2D eigenvalue weighted by molar-refractivity contribution is -0.130. The molecule has 37 heavy (non-hydrogen) atoms. The molecule has 3 aromatic heterocycles. The number of aromatic nitrogens is 5. The van der Waals surface area contributed by atoms with Gasteiger partial charge in [0.15, 0.2) is 5.65 Å². The van der Waals surface area contributed by atoms with Gasteiger partial charge in [0.1, 0.15) is 23.7 Å². The Balaban J connectivity index is 1.43. The Labute approximate surface area is 212 Å². The van der Waals surface area contributed by atoms with E-state index < -0.39 is 5.91 Å². The summed E-state index contributed by atoms with van der Waals surface area (Å²) in [4.78, 5) is 39.2. The van der Waals surface area contributed by atoms with Gasteiger partial charge in [-0.25, -0.2) is 25.1 Å². The number of nitrogens with zero attached hydrogens (tertiary/aromatic N) is 6. The first-order valence-electron chi connectivity index (χ1n) is 11.9. The molecule has 0 bridgehead atoms. The molecule has 0 radical (unpaired) electrons. The highest BCUT2D eigenvalue weighted by molar-refractivity contribution is 6.04. The SMILES string of the molecule is Cc1ccnc(NC(=O)c2ccc(-c3nn(C4CCCN(CC(=O)NO)C4)c4ncnc(N)c34)cc2)c1. The van der Waals surface area contributed by atoms with Crippen LogP contribution in [0.25, 0.3) is 22.3 Å². The smallest absolute Gasteiger partial charge is 0.257 e. The molecule has 1 unspecified atom stereocenters. The Kier molecular flexibility index (Phi) is 6.75. The van der Waals surface area contributed by atoms with E-state index in [0.29, 0.717) is 40.5 Å². The zero-order valence-electron chi connectivity index (χ0n) is 20.3. The first-order valence-corrected chi connectivity index (χ1v) is 11.9. The van der Waals surface area contributed by atoms with Crippen molar-refractivity contribution in [1.82, 2.24) is 35.1 Å². The van der Waals surface area contributed by atoms with Crippen LogP contribution in [-0.4, -0.2) is 66.3 Å². The minimum atomic E-state index is -0.458. The molecule has 190 valence electrons. The third-order valence-electron chi connectivity index (χ3n) is 6.41. The second-order valence-corrected chi connectivity index (χ2v) is 9.07. The van der Waals surface area contributed by atoms with Crippen LogP contribution in [0.4, 0.5) is 11.6 Å². The molecule has 0 spiro atoms. The number of pyridine rings is 1. The second-order valence-electron chi connectivity index (χ2n) is 9.07. The predicted molar refractivity (Wildman–Crippen MR) is 137 cm³/mol. The van der Waals surface area contributed by atoms with E-state index in [-0.39, 0.29) is 18.5 Å². The third-order valence-corrected chi connectivity index (χ3v) is 6.41. The fourth-order valence-corrected chi connectivity index (χ4v) is 4.64. The maximum absolute atomic E-state index is 12.7. The van der Waals surface area contributed by atoms with E-state index in [9.17, 15) is 9.59 Å². The monoisotopic (exact) mass is 501 g/mol. The normalized spacial score (nSPS) is 16.0. The van der Waals surface area contributed by atoms with Gasteiger partial charge in [0, 0.05) is 23.9 Å². The summed E-state index contributed by atoms with van der Waals surface area (Å²) in [6.45, 7) is 3.34. The van der Waals surface area contributed by atoms with Crippen LogP contribution in [0.2, 0.25) is 0 Å². The molecule has 0 aliphatic carbocycles. The fourth-order valence-electron chi connectivity index (χ4n) is 4.64. The number of amides is 2. The van der Waals surface area contributed by atoms with E-state index in [4.69, 9.17) is 16.0 Å². The number of nitrogens with two attached hydrogens (primary N) is 1. The second kappa shape index (κ2) is 10.3. The summed E-state index contributed by atoms with van der Waals surface area (Å²) in [5, 5.41) is 17.2. The van der Waals surface area contributed by atoms with Crippen LogP contribution in [0.15, 0.2) is 48.9 Å². The number of fused-ring (bicyclic) bond motifs is 1. The molecule has 12 nitrogen and oxygen atoms in total. The average molecular weight is 502 g/mol. The summed E-state index contributed by atoms with van der Waals surface area (Å²) in [6.07, 6.45) is 4.77. The highest BCUT2D eigenvalue weighted by Gasteiger charge is 2.27. The van der Waals surface area contributed by atoms with Gasteiger partial charge in [-0.1, -0.05) is 12.1 Å². The number of aryl methyl sites for hydroxylation is 1. The molecule has 1 aliphatic heterocycles. The number of carbonyl (C=O) groups excluding carboxylic acids is 2. The fraction of sp³-hybridized carbons (Fsp3) is 0.280. The van der Waals surface area contributed by atoms with Crippen molar-refractivity contribution in [2.45, 2.75) is 25.8 Å². The number of nitrogens with one attached hydrogen (secondary N) is 2. The van der Waals surface area contributed by atoms with Crippen molar-refractivity contribution in [3.8, 4) is 11.3 Å². The van der Waals surface area contributed by atoms with Crippen LogP contribution in [0.3, 0.4) is 0 Å². The summed E-state index contributed by atoms with van der Waals surface area (Å²) in [5.41, 5.74) is 11.4. The van der Waals surface area contributed by atoms with Crippen LogP contribution in [0.1, 0.15) is 34.8 Å². The standard InChI is InChI=1S/C25H27N9O3/c1-15-8-9-27-19(11-15)30-25(36)17-6-4-16(5-7-17)22-21-23(26)28-14-29-24(21)34(31-22)18-3-2-10-33(12-18)13-20(35)32-37/h4-9,11,14,18,37H,2-3,10,12-13H2,1H3,(H,32,35)(H2,26,28,29)(H,27,30,36). The number of piperidine rings is 1. The van der Waals surface area contributed by atoms with Gasteiger partial charge in [0.05, 0.1) is 18.0 Å². The number of nitrogen functional groups attached to an aromatic ring is 1. The zero-order chi connectivity index (χ0) is 25.9. The lowest BCUT2D eigenvalue weighted by atomic mass is 10.1. The third kappa shape index (κ3) is 5.10. The topological polar surface area (TPSA) is 164 Å². The molecule has 1 fully saturated rings. The number of anilines is 2. The van der Waals surface area contributed by atoms with E-state index in [1.165, 1.54) is 6.33 Å². The average Bonchev–Trinajstić information content (AvgIpc) is 3.30. The van der Waals surface area contributed by atoms with Gasteiger partial charge in [-0.05, 0) is 56.1 Å². The van der Waals surface area contributed by atoms with Crippen molar-refractivity contribution < 1.29 is 14.8 Å². The molecule has 1 saturated heterocycles. The van der Waals surface area contributed by atoms with Gasteiger partial charge in [0.25, 0.3) is 11.8 Å². The number of likely N-dealkylation sites (tertiary alicyclic amines) is 1. The van der Waals surface area contributed by atoms with Gasteiger partial charge in [-0.2, -0.15) is 5.10 Å². The molecule has 5 rings (SSSR count). The van der Waals surface area contributed by atoms with Gasteiger partial charge < -0.3 is 11.1 Å². The molecule has 4 heterocycles. The first-order chi connectivity index (χ1) is 17.9. The van der Waals surface area contributed by atoms with Gasteiger partial charge in [-0.3, -0.25) is 19.7 Å². The molecule has 1 aromatic carbocycles. The molecule has 5 N–H and O–H groups in total. The maximum atomic E-state index is 12.7. The highest BCUT2D eigenvalue weighted by Crippen LogP contribution is 2.33. The number of hydrogen-bond acceptors (Lipinski definition) is 9. The summed E-state index contributed by atoms with van der Waals surface area (Å²) >= 11 is 0. The quantitative estimate of drug-likeness (QED) is 0.229. The number of hydrogen-bond donors (Lipinski definition) is 4. The Bertz CT molecular complexity index is 1450. The largest absolute Gasteiger partial charge is 0.383 e. The Morgan fingerprint density at radius 3 is 2.73 bits per heavy atom. The number of hydroxylamine groups is 1. The number of carbonyl (C=O) groups is 2. The summed E-state index contributed by atoms with van der Waals surface area (Å²) in [6, 6.07) is 10.7. The Hall–Kier alpha value is -4.42. The summed E-state index contributed by atoms with van der Waals surface area (Å²) < 4.78 is 1.84. The predicted octanol–water partition coefficient (Wildman–Crippen LogP) is 2.17. The lowest BCUT2D eigenvalue weighted by Crippen LogP contribution is -2.42. The van der Waals surface area contributed by atoms with Crippen LogP contribution < -0.4 is 16.5 Å². The van der Waals surface area contributed by atoms with E-state index in [0.717, 1.165) is 30.5 Å². The van der Waals surface area contributed by atoms with Crippen LogP contribution >= 0.6 is 0 Å². The zero-order valence-corrected chi connectivity index (χ0v) is 20.3. The molecule has 1 aliphatic rings. The van der Waals surface area contributed by atoms with Crippen molar-refractivity contribution in [3.63, 3.8) is 0 Å². The van der Waals surface area contributed by atoms with Crippen LogP contribution in [0, 0.1) is 6.92 Å². The van der Waals surface area contributed by atoms with E-state index in [1.807, 2.05) is 34.7 Å². The van der Waals surface area contributed by atoms with E-state index in [1.54, 1.807) is 29.9 Å².